The third-order valence-electron chi connectivity index (χ3n) is 2.05. The topological polar surface area (TPSA) is 93.8 Å². The Morgan fingerprint density at radius 2 is 2.17 bits per heavy atom. The third kappa shape index (κ3) is 3.20. The molecule has 0 spiro atoms. The number of nitro groups is 1. The molecule has 8 heteroatoms. The van der Waals surface area contributed by atoms with Crippen molar-refractivity contribution in [1.29, 1.82) is 0 Å². The number of nitrogens with zero attached hydrogens (tertiary/aromatic N) is 2. The van der Waals surface area contributed by atoms with Crippen molar-refractivity contribution in [2.75, 3.05) is 12.3 Å². The molecule has 1 heterocycles. The fourth-order valence-corrected chi connectivity index (χ4v) is 1.98. The van der Waals surface area contributed by atoms with E-state index in [-0.39, 0.29) is 11.4 Å². The second-order valence-corrected chi connectivity index (χ2v) is 4.38. The first-order chi connectivity index (χ1) is 8.65. The lowest BCUT2D eigenvalue weighted by molar-refractivity contribution is -0.384. The Labute approximate surface area is 106 Å². The summed E-state index contributed by atoms with van der Waals surface area (Å²) in [5.41, 5.74) is -0.0570. The first kappa shape index (κ1) is 12.4. The number of thioether (sulfide) groups is 1. The van der Waals surface area contributed by atoms with Crippen molar-refractivity contribution in [2.45, 2.75) is 0 Å². The van der Waals surface area contributed by atoms with Crippen LogP contribution in [0.1, 0.15) is 0 Å². The van der Waals surface area contributed by atoms with Gasteiger partial charge in [0.1, 0.15) is 5.75 Å². The SMILES string of the molecule is O=C(NC1=NCCS1)Oc1ccc([N+](=O)[O-])cc1. The van der Waals surface area contributed by atoms with E-state index in [1.54, 1.807) is 0 Å². The van der Waals surface area contributed by atoms with Gasteiger partial charge in [-0.2, -0.15) is 0 Å². The van der Waals surface area contributed by atoms with Gasteiger partial charge < -0.3 is 4.74 Å². The summed E-state index contributed by atoms with van der Waals surface area (Å²) in [5.74, 6) is 1.08. The number of ether oxygens (including phenoxy) is 1. The summed E-state index contributed by atoms with van der Waals surface area (Å²) in [4.78, 5) is 25.4. The molecule has 0 fully saturated rings. The van der Waals surface area contributed by atoms with Gasteiger partial charge in [-0.15, -0.1) is 0 Å². The fourth-order valence-electron chi connectivity index (χ4n) is 1.27. The lowest BCUT2D eigenvalue weighted by atomic mass is 10.3. The Balaban J connectivity index is 1.92. The zero-order valence-corrected chi connectivity index (χ0v) is 9.98. The molecule has 0 radical (unpaired) electrons. The summed E-state index contributed by atoms with van der Waals surface area (Å²) in [6, 6.07) is 5.26. The van der Waals surface area contributed by atoms with Gasteiger partial charge in [-0.05, 0) is 12.1 Å². The maximum Gasteiger partial charge on any atom is 0.418 e. The molecule has 0 bridgehead atoms. The summed E-state index contributed by atoms with van der Waals surface area (Å²) in [6.45, 7) is 0.678. The molecule has 1 N–H and O–H groups in total. The minimum Gasteiger partial charge on any atom is -0.410 e. The predicted molar refractivity (Wildman–Crippen MR) is 67.0 cm³/mol. The smallest absolute Gasteiger partial charge is 0.410 e. The highest BCUT2D eigenvalue weighted by Gasteiger charge is 2.13. The Hall–Kier alpha value is -2.09. The van der Waals surface area contributed by atoms with Gasteiger partial charge in [0.15, 0.2) is 5.17 Å². The number of nitrogens with one attached hydrogen (secondary N) is 1. The van der Waals surface area contributed by atoms with E-state index in [4.69, 9.17) is 4.74 Å². The standard InChI is InChI=1S/C10H9N3O4S/c14-10(12-9-11-5-6-18-9)17-8-3-1-7(2-4-8)13(15)16/h1-4H,5-6H2,(H,11,12,14). The van der Waals surface area contributed by atoms with Gasteiger partial charge in [0.25, 0.3) is 5.69 Å². The van der Waals surface area contributed by atoms with Crippen molar-refractivity contribution in [3.63, 3.8) is 0 Å². The Bertz CT molecular complexity index is 500. The van der Waals surface area contributed by atoms with E-state index < -0.39 is 11.0 Å². The van der Waals surface area contributed by atoms with Gasteiger partial charge in [-0.3, -0.25) is 20.4 Å². The van der Waals surface area contributed by atoms with Gasteiger partial charge in [0, 0.05) is 17.9 Å². The van der Waals surface area contributed by atoms with Crippen molar-refractivity contribution in [2.24, 2.45) is 4.99 Å². The average molecular weight is 267 g/mol. The minimum absolute atomic E-state index is 0.0570. The lowest BCUT2D eigenvalue weighted by Crippen LogP contribution is -2.30. The molecule has 1 aromatic carbocycles. The molecule has 0 atom stereocenters. The van der Waals surface area contributed by atoms with Crippen LogP contribution in [-0.4, -0.2) is 28.5 Å². The molecule has 0 aromatic heterocycles. The molecular weight excluding hydrogens is 258 g/mol. The normalized spacial score (nSPS) is 13.9. The number of nitro benzene ring substituents is 1. The summed E-state index contributed by atoms with van der Waals surface area (Å²) in [7, 11) is 0. The number of non-ortho nitro benzene ring substituents is 1. The van der Waals surface area contributed by atoms with Crippen LogP contribution in [0, 0.1) is 10.1 Å². The van der Waals surface area contributed by atoms with Crippen LogP contribution in [0.15, 0.2) is 29.3 Å². The molecule has 1 aliphatic heterocycles. The monoisotopic (exact) mass is 267 g/mol. The highest BCUT2D eigenvalue weighted by molar-refractivity contribution is 8.14. The molecule has 18 heavy (non-hydrogen) atoms. The van der Waals surface area contributed by atoms with Crippen LogP contribution < -0.4 is 10.1 Å². The second kappa shape index (κ2) is 5.50. The minimum atomic E-state index is -0.656. The molecular formula is C10H9N3O4S. The molecule has 0 saturated heterocycles. The van der Waals surface area contributed by atoms with Gasteiger partial charge in [0.05, 0.1) is 11.5 Å². The molecule has 1 aromatic rings. The van der Waals surface area contributed by atoms with E-state index in [0.717, 1.165) is 5.75 Å². The molecule has 1 aliphatic rings. The van der Waals surface area contributed by atoms with Gasteiger partial charge in [-0.25, -0.2) is 4.79 Å². The van der Waals surface area contributed by atoms with E-state index in [0.29, 0.717) is 11.7 Å². The number of aliphatic imine (C=N–C) groups is 1. The molecule has 0 aliphatic carbocycles. The lowest BCUT2D eigenvalue weighted by Gasteiger charge is -2.05. The van der Waals surface area contributed by atoms with Crippen LogP contribution >= 0.6 is 11.8 Å². The summed E-state index contributed by atoms with van der Waals surface area (Å²) in [6.07, 6.45) is -0.656. The molecule has 1 amide bonds. The highest BCUT2D eigenvalue weighted by atomic mass is 32.2. The molecule has 0 unspecified atom stereocenters. The highest BCUT2D eigenvalue weighted by Crippen LogP contribution is 2.17. The van der Waals surface area contributed by atoms with Crippen LogP contribution in [0.4, 0.5) is 10.5 Å². The number of rotatable bonds is 2. The fraction of sp³-hybridized carbons (Fsp3) is 0.200. The largest absolute Gasteiger partial charge is 0.418 e. The number of amides is 1. The number of hydrogen-bond acceptors (Lipinski definition) is 6. The van der Waals surface area contributed by atoms with E-state index in [1.165, 1.54) is 36.0 Å². The van der Waals surface area contributed by atoms with Gasteiger partial charge in [0.2, 0.25) is 0 Å². The number of benzene rings is 1. The zero-order chi connectivity index (χ0) is 13.0. The zero-order valence-electron chi connectivity index (χ0n) is 9.16. The van der Waals surface area contributed by atoms with Crippen molar-refractivity contribution < 1.29 is 14.5 Å². The van der Waals surface area contributed by atoms with E-state index in [9.17, 15) is 14.9 Å². The van der Waals surface area contributed by atoms with Crippen molar-refractivity contribution in [1.82, 2.24) is 5.32 Å². The maximum atomic E-state index is 11.4. The Morgan fingerprint density at radius 1 is 1.44 bits per heavy atom. The molecule has 7 nitrogen and oxygen atoms in total. The van der Waals surface area contributed by atoms with Gasteiger partial charge in [-0.1, -0.05) is 11.8 Å². The van der Waals surface area contributed by atoms with Crippen molar-refractivity contribution >= 4 is 28.7 Å². The van der Waals surface area contributed by atoms with Crippen LogP contribution in [0.3, 0.4) is 0 Å². The summed E-state index contributed by atoms with van der Waals surface area (Å²) >= 11 is 1.44. The maximum absolute atomic E-state index is 11.4. The Kier molecular flexibility index (Phi) is 3.78. The van der Waals surface area contributed by atoms with E-state index >= 15 is 0 Å². The van der Waals surface area contributed by atoms with Crippen molar-refractivity contribution in [3.8, 4) is 5.75 Å². The summed E-state index contributed by atoms with van der Waals surface area (Å²) in [5, 5.41) is 13.4. The van der Waals surface area contributed by atoms with Crippen LogP contribution in [-0.2, 0) is 0 Å². The number of amidine groups is 1. The number of hydrogen-bond donors (Lipinski definition) is 1. The second-order valence-electron chi connectivity index (χ2n) is 3.30. The molecule has 0 saturated carbocycles. The van der Waals surface area contributed by atoms with Crippen LogP contribution in [0.2, 0.25) is 0 Å². The first-order valence-electron chi connectivity index (χ1n) is 5.06. The molecule has 2 rings (SSSR count). The van der Waals surface area contributed by atoms with Crippen molar-refractivity contribution in [3.05, 3.63) is 34.4 Å². The van der Waals surface area contributed by atoms with E-state index in [2.05, 4.69) is 10.3 Å². The third-order valence-corrected chi connectivity index (χ3v) is 2.94. The van der Waals surface area contributed by atoms with E-state index in [1.807, 2.05) is 0 Å². The predicted octanol–water partition coefficient (Wildman–Crippen LogP) is 1.79. The first-order valence-corrected chi connectivity index (χ1v) is 6.04. The number of carbonyl (C=O) groups is 1. The van der Waals surface area contributed by atoms with Crippen LogP contribution in [0.25, 0.3) is 0 Å². The summed E-state index contributed by atoms with van der Waals surface area (Å²) < 4.78 is 4.94. The molecule has 94 valence electrons. The van der Waals surface area contributed by atoms with Crippen LogP contribution in [0.5, 0.6) is 5.75 Å². The number of carbonyl (C=O) groups excluding carboxylic acids is 1. The quantitative estimate of drug-likeness (QED) is 0.651. The Morgan fingerprint density at radius 3 is 2.72 bits per heavy atom. The average Bonchev–Trinajstić information content (AvgIpc) is 2.82. The van der Waals surface area contributed by atoms with Gasteiger partial charge >= 0.3 is 6.09 Å².